The first kappa shape index (κ1) is 14.6. The molecule has 1 amide bonds. The van der Waals surface area contributed by atoms with E-state index in [9.17, 15) is 4.79 Å². The third kappa shape index (κ3) is 3.39. The van der Waals surface area contributed by atoms with Crippen LogP contribution in [-0.2, 0) is 0 Å². The van der Waals surface area contributed by atoms with Gasteiger partial charge in [-0.15, -0.1) is 0 Å². The third-order valence-electron chi connectivity index (χ3n) is 2.98. The zero-order valence-corrected chi connectivity index (χ0v) is 13.0. The average molecular weight is 334 g/mol. The smallest absolute Gasteiger partial charge is 0.259 e. The number of carbonyl (C=O) groups is 1. The van der Waals surface area contributed by atoms with Crippen molar-refractivity contribution in [3.8, 4) is 5.75 Å². The Bertz CT molecular complexity index is 626. The van der Waals surface area contributed by atoms with Crippen molar-refractivity contribution in [1.29, 1.82) is 0 Å². The second-order valence-corrected chi connectivity index (χ2v) is 4.98. The van der Waals surface area contributed by atoms with Crippen molar-refractivity contribution in [1.82, 2.24) is 0 Å². The normalized spacial score (nSPS) is 10.2. The van der Waals surface area contributed by atoms with E-state index in [1.807, 2.05) is 44.2 Å². The van der Waals surface area contributed by atoms with Crippen molar-refractivity contribution in [3.63, 3.8) is 0 Å². The highest BCUT2D eigenvalue weighted by molar-refractivity contribution is 9.09. The number of carbonyl (C=O) groups excluding carboxylic acids is 1. The number of rotatable bonds is 4. The van der Waals surface area contributed by atoms with E-state index in [0.29, 0.717) is 16.8 Å². The Morgan fingerprint density at radius 3 is 2.70 bits per heavy atom. The lowest BCUT2D eigenvalue weighted by molar-refractivity contribution is 0.102. The summed E-state index contributed by atoms with van der Waals surface area (Å²) in [4.78, 5) is 12.4. The molecular formula is C16H16BrNO2. The molecule has 0 aliphatic carbocycles. The van der Waals surface area contributed by atoms with Crippen LogP contribution in [0, 0.1) is 13.8 Å². The molecule has 1 N–H and O–H groups in total. The lowest BCUT2D eigenvalue weighted by atomic mass is 10.1. The predicted octanol–water partition coefficient (Wildman–Crippen LogP) is 4.29. The Labute approximate surface area is 127 Å². The molecule has 0 aliphatic heterocycles. The molecule has 0 spiro atoms. The molecule has 0 fully saturated rings. The van der Waals surface area contributed by atoms with Gasteiger partial charge in [0.15, 0.2) is 0 Å². The molecule has 2 aromatic rings. The molecular weight excluding hydrogens is 318 g/mol. The molecule has 4 heteroatoms. The molecule has 0 radical (unpaired) electrons. The van der Waals surface area contributed by atoms with Crippen LogP contribution in [0.1, 0.15) is 21.5 Å². The molecule has 0 atom stereocenters. The number of anilines is 1. The van der Waals surface area contributed by atoms with E-state index in [0.717, 1.165) is 16.8 Å². The lowest BCUT2D eigenvalue weighted by Gasteiger charge is -2.12. The molecule has 2 rings (SSSR count). The van der Waals surface area contributed by atoms with Gasteiger partial charge in [-0.25, -0.2) is 0 Å². The summed E-state index contributed by atoms with van der Waals surface area (Å²) in [5.74, 6) is 0.391. The number of hydrogen-bond donors (Lipinski definition) is 1. The summed E-state index contributed by atoms with van der Waals surface area (Å²) in [5, 5.41) is 2.93. The minimum absolute atomic E-state index is 0.171. The van der Waals surface area contributed by atoms with Crippen molar-refractivity contribution in [3.05, 3.63) is 59.2 Å². The summed E-state index contributed by atoms with van der Waals surface area (Å²) >= 11 is 3.20. The first-order valence-corrected chi connectivity index (χ1v) is 7.40. The molecule has 20 heavy (non-hydrogen) atoms. The number of amides is 1. The molecule has 0 saturated carbocycles. The van der Waals surface area contributed by atoms with Gasteiger partial charge >= 0.3 is 0 Å². The quantitative estimate of drug-likeness (QED) is 0.847. The van der Waals surface area contributed by atoms with Gasteiger partial charge in [0, 0.05) is 5.69 Å². The fourth-order valence-corrected chi connectivity index (χ4v) is 2.15. The molecule has 104 valence electrons. The number of ether oxygens (including phenoxy) is 1. The molecule has 0 bridgehead atoms. The predicted molar refractivity (Wildman–Crippen MR) is 84.7 cm³/mol. The Kier molecular flexibility index (Phi) is 4.79. The second kappa shape index (κ2) is 6.57. The van der Waals surface area contributed by atoms with E-state index in [1.54, 1.807) is 12.1 Å². The minimum Gasteiger partial charge on any atom is -0.482 e. The number of alkyl halides is 1. The zero-order valence-electron chi connectivity index (χ0n) is 11.4. The standard InChI is InChI=1S/C16H16BrNO2/c1-11-7-8-12(2)14(9-11)18-16(19)13-5-3-4-6-15(13)20-10-17/h3-9H,10H2,1-2H3,(H,18,19). The van der Waals surface area contributed by atoms with Gasteiger partial charge in [0.2, 0.25) is 0 Å². The van der Waals surface area contributed by atoms with Crippen LogP contribution in [-0.4, -0.2) is 11.4 Å². The van der Waals surface area contributed by atoms with Crippen molar-refractivity contribution < 1.29 is 9.53 Å². The number of aryl methyl sites for hydroxylation is 2. The molecule has 0 saturated heterocycles. The highest BCUT2D eigenvalue weighted by Gasteiger charge is 2.13. The molecule has 3 nitrogen and oxygen atoms in total. The van der Waals surface area contributed by atoms with E-state index in [4.69, 9.17) is 4.74 Å². The third-order valence-corrected chi connectivity index (χ3v) is 3.21. The van der Waals surface area contributed by atoms with E-state index in [2.05, 4.69) is 21.2 Å². The largest absolute Gasteiger partial charge is 0.482 e. The summed E-state index contributed by atoms with van der Waals surface area (Å²) in [5.41, 5.74) is 3.83. The summed E-state index contributed by atoms with van der Waals surface area (Å²) in [6, 6.07) is 13.2. The summed E-state index contributed by atoms with van der Waals surface area (Å²) in [6.07, 6.45) is 0. The second-order valence-electron chi connectivity index (χ2n) is 4.52. The Morgan fingerprint density at radius 2 is 1.95 bits per heavy atom. The summed E-state index contributed by atoms with van der Waals surface area (Å²) < 4.78 is 5.41. The minimum atomic E-state index is -0.171. The van der Waals surface area contributed by atoms with Crippen LogP contribution >= 0.6 is 15.9 Å². The average Bonchev–Trinajstić information content (AvgIpc) is 2.44. The highest BCUT2D eigenvalue weighted by atomic mass is 79.9. The first-order valence-electron chi connectivity index (χ1n) is 6.28. The summed E-state index contributed by atoms with van der Waals surface area (Å²) in [6.45, 7) is 3.97. The molecule has 2 aromatic carbocycles. The van der Waals surface area contributed by atoms with Crippen LogP contribution in [0.15, 0.2) is 42.5 Å². The van der Waals surface area contributed by atoms with Gasteiger partial charge in [-0.1, -0.05) is 24.3 Å². The highest BCUT2D eigenvalue weighted by Crippen LogP contribution is 2.22. The van der Waals surface area contributed by atoms with Gasteiger partial charge in [-0.3, -0.25) is 4.79 Å². The monoisotopic (exact) mass is 333 g/mol. The Morgan fingerprint density at radius 1 is 1.20 bits per heavy atom. The van der Waals surface area contributed by atoms with Gasteiger partial charge in [0.05, 0.1) is 5.56 Å². The van der Waals surface area contributed by atoms with Crippen LogP contribution in [0.25, 0.3) is 0 Å². The maximum atomic E-state index is 12.4. The molecule has 0 aliphatic rings. The number of halogens is 1. The summed E-state index contributed by atoms with van der Waals surface area (Å²) in [7, 11) is 0. The maximum absolute atomic E-state index is 12.4. The van der Waals surface area contributed by atoms with Crippen LogP contribution in [0.4, 0.5) is 5.69 Å². The molecule has 0 unspecified atom stereocenters. The first-order chi connectivity index (χ1) is 9.61. The van der Waals surface area contributed by atoms with E-state index in [1.165, 1.54) is 0 Å². The molecule has 0 heterocycles. The van der Waals surface area contributed by atoms with Gasteiger partial charge < -0.3 is 10.1 Å². The van der Waals surface area contributed by atoms with Crippen LogP contribution < -0.4 is 10.1 Å². The fourth-order valence-electron chi connectivity index (χ4n) is 1.90. The lowest BCUT2D eigenvalue weighted by Crippen LogP contribution is -2.14. The van der Waals surface area contributed by atoms with Crippen molar-refractivity contribution in [2.24, 2.45) is 0 Å². The molecule has 0 aromatic heterocycles. The number of para-hydroxylation sites is 1. The Hall–Kier alpha value is -1.81. The van der Waals surface area contributed by atoms with Crippen LogP contribution in [0.5, 0.6) is 5.75 Å². The topological polar surface area (TPSA) is 38.3 Å². The van der Waals surface area contributed by atoms with Gasteiger partial charge in [-0.05, 0) is 59.1 Å². The van der Waals surface area contributed by atoms with Gasteiger partial charge in [-0.2, -0.15) is 0 Å². The number of benzene rings is 2. The van der Waals surface area contributed by atoms with Gasteiger partial charge in [0.25, 0.3) is 5.91 Å². The SMILES string of the molecule is Cc1ccc(C)c(NC(=O)c2ccccc2OCBr)c1. The van der Waals surface area contributed by atoms with Crippen molar-refractivity contribution in [2.75, 3.05) is 10.8 Å². The fraction of sp³-hybridized carbons (Fsp3) is 0.188. The maximum Gasteiger partial charge on any atom is 0.259 e. The van der Waals surface area contributed by atoms with E-state index >= 15 is 0 Å². The van der Waals surface area contributed by atoms with Crippen LogP contribution in [0.3, 0.4) is 0 Å². The number of hydrogen-bond acceptors (Lipinski definition) is 2. The Balaban J connectivity index is 2.26. The van der Waals surface area contributed by atoms with Crippen molar-refractivity contribution in [2.45, 2.75) is 13.8 Å². The van der Waals surface area contributed by atoms with E-state index < -0.39 is 0 Å². The van der Waals surface area contributed by atoms with E-state index in [-0.39, 0.29) is 5.91 Å². The van der Waals surface area contributed by atoms with Crippen LogP contribution in [0.2, 0.25) is 0 Å². The zero-order chi connectivity index (χ0) is 14.5. The van der Waals surface area contributed by atoms with Gasteiger partial charge in [0.1, 0.15) is 11.3 Å². The number of nitrogens with one attached hydrogen (secondary N) is 1. The van der Waals surface area contributed by atoms with Crippen molar-refractivity contribution >= 4 is 27.5 Å².